The number of hydrogen-bond donors (Lipinski definition) is 1. The highest BCUT2D eigenvalue weighted by atomic mass is 16.5. The number of hydrogen-bond acceptors (Lipinski definition) is 4. The molecule has 0 radical (unpaired) electrons. The first kappa shape index (κ1) is 22.7. The van der Waals surface area contributed by atoms with Crippen LogP contribution in [0.1, 0.15) is 42.9 Å². The van der Waals surface area contributed by atoms with Gasteiger partial charge in [-0.25, -0.2) is 0 Å². The number of rotatable bonds is 8. The number of benzene rings is 2. The highest BCUT2D eigenvalue weighted by Crippen LogP contribution is 2.40. The van der Waals surface area contributed by atoms with E-state index in [0.29, 0.717) is 13.2 Å². The Morgan fingerprint density at radius 3 is 2.61 bits per heavy atom. The van der Waals surface area contributed by atoms with E-state index in [0.717, 1.165) is 73.5 Å². The molecule has 2 aromatic heterocycles. The van der Waals surface area contributed by atoms with Gasteiger partial charge in [-0.15, -0.1) is 0 Å². The number of furan rings is 2. The Bertz CT molecular complexity index is 1380. The largest absolute Gasteiger partial charge is 0.488 e. The maximum atomic E-state index is 6.28. The minimum Gasteiger partial charge on any atom is -0.488 e. The predicted octanol–water partition coefficient (Wildman–Crippen LogP) is 7.86. The van der Waals surface area contributed by atoms with Gasteiger partial charge in [0.15, 0.2) is 0 Å². The zero-order chi connectivity index (χ0) is 23.5. The average molecular weight is 442 g/mol. The molecule has 4 heteroatoms. The summed E-state index contributed by atoms with van der Waals surface area (Å²) in [6.07, 6.45) is 6.68. The molecule has 0 fully saturated rings. The van der Waals surface area contributed by atoms with Crippen molar-refractivity contribution in [2.24, 2.45) is 5.73 Å². The lowest BCUT2D eigenvalue weighted by atomic mass is 9.98. The zero-order valence-electron chi connectivity index (χ0n) is 19.8. The fourth-order valence-corrected chi connectivity index (χ4v) is 4.27. The number of nitrogens with two attached hydrogens (primary N) is 1. The molecule has 0 aliphatic heterocycles. The summed E-state index contributed by atoms with van der Waals surface area (Å²) in [6.45, 7) is 12.9. The minimum atomic E-state index is 0.403. The van der Waals surface area contributed by atoms with Crippen LogP contribution in [0.4, 0.5) is 0 Å². The summed E-state index contributed by atoms with van der Waals surface area (Å²) in [6, 6.07) is 12.5. The zero-order valence-corrected chi connectivity index (χ0v) is 19.8. The van der Waals surface area contributed by atoms with Crippen LogP contribution in [0.2, 0.25) is 0 Å². The van der Waals surface area contributed by atoms with Gasteiger partial charge in [-0.05, 0) is 68.2 Å². The normalized spacial score (nSPS) is 12.6. The maximum Gasteiger partial charge on any atom is 0.145 e. The molecule has 0 saturated heterocycles. The van der Waals surface area contributed by atoms with Gasteiger partial charge < -0.3 is 19.3 Å². The molecular formula is C29H31NO3. The van der Waals surface area contributed by atoms with Gasteiger partial charge in [0.2, 0.25) is 0 Å². The third-order valence-corrected chi connectivity index (χ3v) is 5.99. The highest BCUT2D eigenvalue weighted by Gasteiger charge is 2.20. The minimum absolute atomic E-state index is 0.403. The van der Waals surface area contributed by atoms with E-state index in [1.54, 1.807) is 0 Å². The van der Waals surface area contributed by atoms with Crippen LogP contribution in [0.15, 0.2) is 81.4 Å². The van der Waals surface area contributed by atoms with Crippen LogP contribution in [-0.4, -0.2) is 0 Å². The van der Waals surface area contributed by atoms with Crippen LogP contribution >= 0.6 is 0 Å². The molecule has 170 valence electrons. The number of fused-ring (bicyclic) bond motifs is 3. The predicted molar refractivity (Wildman–Crippen MR) is 136 cm³/mol. The Morgan fingerprint density at radius 1 is 1.09 bits per heavy atom. The molecule has 0 aliphatic rings. The monoisotopic (exact) mass is 441 g/mol. The van der Waals surface area contributed by atoms with Crippen molar-refractivity contribution < 1.29 is 13.6 Å². The van der Waals surface area contributed by atoms with E-state index in [-0.39, 0.29) is 0 Å². The third-order valence-electron chi connectivity index (χ3n) is 5.99. The summed E-state index contributed by atoms with van der Waals surface area (Å²) < 4.78 is 18.7. The summed E-state index contributed by atoms with van der Waals surface area (Å²) in [4.78, 5) is 0. The summed E-state index contributed by atoms with van der Waals surface area (Å²) in [5.41, 5.74) is 12.8. The second-order valence-corrected chi connectivity index (χ2v) is 8.18. The first-order valence-electron chi connectivity index (χ1n) is 11.4. The average Bonchev–Trinajstić information content (AvgIpc) is 3.36. The Morgan fingerprint density at radius 2 is 1.91 bits per heavy atom. The molecule has 2 heterocycles. The van der Waals surface area contributed by atoms with Crippen molar-refractivity contribution in [1.29, 1.82) is 0 Å². The molecule has 4 rings (SSSR count). The van der Waals surface area contributed by atoms with Crippen LogP contribution in [0.25, 0.3) is 33.1 Å². The molecule has 0 atom stereocenters. The van der Waals surface area contributed by atoms with Crippen LogP contribution in [0.3, 0.4) is 0 Å². The van der Waals surface area contributed by atoms with Gasteiger partial charge in [0.25, 0.3) is 0 Å². The van der Waals surface area contributed by atoms with Gasteiger partial charge >= 0.3 is 0 Å². The number of allylic oxidation sites excluding steroid dienone is 4. The van der Waals surface area contributed by atoms with Crippen molar-refractivity contribution in [2.45, 2.75) is 47.3 Å². The molecule has 0 spiro atoms. The van der Waals surface area contributed by atoms with Gasteiger partial charge in [-0.1, -0.05) is 43.9 Å². The maximum absolute atomic E-state index is 6.28. The SMILES string of the molecule is C=C/C(CC)=C(\C=C/C)OCc1c(C)oc2c1cc(-c1cccc(CN)c1)c1oc(C)cc12. The molecule has 0 amide bonds. The van der Waals surface area contributed by atoms with Crippen molar-refractivity contribution >= 4 is 21.9 Å². The fourth-order valence-electron chi connectivity index (χ4n) is 4.27. The van der Waals surface area contributed by atoms with E-state index in [2.05, 4.69) is 31.7 Å². The lowest BCUT2D eigenvalue weighted by Crippen LogP contribution is -1.97. The van der Waals surface area contributed by atoms with E-state index in [4.69, 9.17) is 19.3 Å². The Kier molecular flexibility index (Phi) is 6.57. The molecule has 0 unspecified atom stereocenters. The van der Waals surface area contributed by atoms with E-state index in [1.807, 2.05) is 57.2 Å². The Hall–Kier alpha value is -3.50. The molecule has 0 bridgehead atoms. The van der Waals surface area contributed by atoms with E-state index in [1.165, 1.54) is 0 Å². The van der Waals surface area contributed by atoms with Crippen molar-refractivity contribution in [3.8, 4) is 11.1 Å². The van der Waals surface area contributed by atoms with Gasteiger partial charge in [-0.2, -0.15) is 0 Å². The quantitative estimate of drug-likeness (QED) is 0.223. The molecule has 4 aromatic rings. The second-order valence-electron chi connectivity index (χ2n) is 8.18. The van der Waals surface area contributed by atoms with Crippen LogP contribution in [0.5, 0.6) is 0 Å². The second kappa shape index (κ2) is 9.55. The van der Waals surface area contributed by atoms with Gasteiger partial charge in [0, 0.05) is 23.1 Å². The lowest BCUT2D eigenvalue weighted by Gasteiger charge is -2.11. The van der Waals surface area contributed by atoms with E-state index >= 15 is 0 Å². The smallest absolute Gasteiger partial charge is 0.145 e. The molecule has 2 aromatic carbocycles. The highest BCUT2D eigenvalue weighted by molar-refractivity contribution is 6.10. The van der Waals surface area contributed by atoms with Gasteiger partial charge in [-0.3, -0.25) is 0 Å². The van der Waals surface area contributed by atoms with Crippen LogP contribution in [0, 0.1) is 13.8 Å². The Balaban J connectivity index is 1.89. The van der Waals surface area contributed by atoms with E-state index in [9.17, 15) is 0 Å². The molecule has 2 N–H and O–H groups in total. The summed E-state index contributed by atoms with van der Waals surface area (Å²) >= 11 is 0. The molecule has 4 nitrogen and oxygen atoms in total. The fraction of sp³-hybridized carbons (Fsp3) is 0.241. The van der Waals surface area contributed by atoms with Crippen molar-refractivity contribution in [3.05, 3.63) is 95.2 Å². The van der Waals surface area contributed by atoms with Gasteiger partial charge in [0.05, 0.1) is 5.39 Å². The third kappa shape index (κ3) is 4.27. The molecule has 0 aliphatic carbocycles. The van der Waals surface area contributed by atoms with Crippen LogP contribution in [-0.2, 0) is 17.9 Å². The molecule has 33 heavy (non-hydrogen) atoms. The van der Waals surface area contributed by atoms with Crippen molar-refractivity contribution in [2.75, 3.05) is 0 Å². The summed E-state index contributed by atoms with van der Waals surface area (Å²) in [5, 5.41) is 2.00. The summed E-state index contributed by atoms with van der Waals surface area (Å²) in [5.74, 6) is 2.52. The van der Waals surface area contributed by atoms with Crippen LogP contribution < -0.4 is 5.73 Å². The number of ether oxygens (including phenoxy) is 1. The van der Waals surface area contributed by atoms with Gasteiger partial charge in [0.1, 0.15) is 35.1 Å². The summed E-state index contributed by atoms with van der Waals surface area (Å²) in [7, 11) is 0. The molecule has 0 saturated carbocycles. The Labute approximate surface area is 195 Å². The lowest BCUT2D eigenvalue weighted by molar-refractivity contribution is 0.207. The van der Waals surface area contributed by atoms with E-state index < -0.39 is 0 Å². The first-order chi connectivity index (χ1) is 16.0. The number of aryl methyl sites for hydroxylation is 2. The standard InChI is InChI=1S/C29H31NO3/c1-6-10-27(21(7-2)8-3)31-17-26-19(5)33-29-24(26)15-23(28-25(29)13-18(4)32-28)22-12-9-11-20(14-22)16-30/h6-7,9-15H,2,8,16-17,30H2,1,3-5H3/b10-6-,27-21-. The first-order valence-corrected chi connectivity index (χ1v) is 11.4. The van der Waals surface area contributed by atoms with Crippen molar-refractivity contribution in [1.82, 2.24) is 0 Å². The topological polar surface area (TPSA) is 61.5 Å². The molecular weight excluding hydrogens is 410 g/mol. The van der Waals surface area contributed by atoms with Crippen molar-refractivity contribution in [3.63, 3.8) is 0 Å².